The smallest absolute Gasteiger partial charge is 0.163 e. The molecule has 1 aromatic rings. The van der Waals surface area contributed by atoms with Crippen molar-refractivity contribution in [2.24, 2.45) is 0 Å². The lowest BCUT2D eigenvalue weighted by atomic mass is 10.4. The fourth-order valence-electron chi connectivity index (χ4n) is 1.50. The molecule has 4 nitrogen and oxygen atoms in total. The zero-order chi connectivity index (χ0) is 10.2. The number of ether oxygens (including phenoxy) is 2. The third-order valence-electron chi connectivity index (χ3n) is 2.06. The van der Waals surface area contributed by atoms with Gasteiger partial charge < -0.3 is 9.47 Å². The van der Waals surface area contributed by atoms with E-state index in [0.29, 0.717) is 6.61 Å². The summed E-state index contributed by atoms with van der Waals surface area (Å²) in [6.45, 7) is 5.26. The molecule has 5 heteroatoms. The van der Waals surface area contributed by atoms with Crippen molar-refractivity contribution in [1.82, 2.24) is 9.78 Å². The van der Waals surface area contributed by atoms with Gasteiger partial charge in [0.05, 0.1) is 22.9 Å². The first-order valence-corrected chi connectivity index (χ1v) is 5.63. The van der Waals surface area contributed by atoms with E-state index in [2.05, 4.69) is 27.7 Å². The van der Waals surface area contributed by atoms with Crippen molar-refractivity contribution in [1.29, 1.82) is 0 Å². The molecule has 1 aromatic heterocycles. The van der Waals surface area contributed by atoms with Crippen LogP contribution in [0.4, 0.5) is 0 Å². The van der Waals surface area contributed by atoms with Gasteiger partial charge in [-0.05, 0) is 36.4 Å². The van der Waals surface area contributed by atoms with Crippen molar-refractivity contribution in [3.8, 4) is 0 Å². The van der Waals surface area contributed by atoms with Crippen LogP contribution in [0.3, 0.4) is 0 Å². The first kappa shape index (κ1) is 10.4. The van der Waals surface area contributed by atoms with Crippen LogP contribution in [0.5, 0.6) is 0 Å². The average molecular weight is 308 g/mol. The largest absolute Gasteiger partial charge is 0.348 e. The molecule has 2 heterocycles. The number of hydrogen-bond acceptors (Lipinski definition) is 3. The number of rotatable bonds is 2. The second-order valence-electron chi connectivity index (χ2n) is 3.83. The van der Waals surface area contributed by atoms with Gasteiger partial charge in [0.25, 0.3) is 0 Å². The van der Waals surface area contributed by atoms with Crippen LogP contribution in [0.25, 0.3) is 0 Å². The molecule has 1 fully saturated rings. The molecular formula is C9H13IN2O2. The summed E-state index contributed by atoms with van der Waals surface area (Å²) in [4.78, 5) is 0. The van der Waals surface area contributed by atoms with E-state index < -0.39 is 5.79 Å². The fourth-order valence-corrected chi connectivity index (χ4v) is 1.95. The zero-order valence-corrected chi connectivity index (χ0v) is 10.4. The second-order valence-corrected chi connectivity index (χ2v) is 5.08. The Morgan fingerprint density at radius 3 is 3.00 bits per heavy atom. The minimum Gasteiger partial charge on any atom is -0.348 e. The molecule has 1 atom stereocenters. The highest BCUT2D eigenvalue weighted by molar-refractivity contribution is 14.1. The Bertz CT molecular complexity index is 324. The van der Waals surface area contributed by atoms with Crippen molar-refractivity contribution in [2.45, 2.75) is 32.3 Å². The van der Waals surface area contributed by atoms with Crippen LogP contribution < -0.4 is 0 Å². The highest BCUT2D eigenvalue weighted by atomic mass is 127. The van der Waals surface area contributed by atoms with Crippen LogP contribution in [-0.2, 0) is 16.0 Å². The van der Waals surface area contributed by atoms with Crippen molar-refractivity contribution in [2.75, 3.05) is 6.61 Å². The van der Waals surface area contributed by atoms with E-state index >= 15 is 0 Å². The average Bonchev–Trinajstić information content (AvgIpc) is 2.59. The standard InChI is InChI=1S/C9H13IN2O2/c1-9(2)13-6-8(14-9)5-12-4-7(10)3-11-12/h3-4,8H,5-6H2,1-2H3/t8-/m0/s1. The molecule has 0 bridgehead atoms. The Morgan fingerprint density at radius 1 is 1.71 bits per heavy atom. The van der Waals surface area contributed by atoms with Gasteiger partial charge in [0.15, 0.2) is 5.79 Å². The molecule has 14 heavy (non-hydrogen) atoms. The van der Waals surface area contributed by atoms with Crippen LogP contribution >= 0.6 is 22.6 Å². The topological polar surface area (TPSA) is 36.3 Å². The number of aromatic nitrogens is 2. The van der Waals surface area contributed by atoms with Crippen LogP contribution in [-0.4, -0.2) is 28.3 Å². The van der Waals surface area contributed by atoms with E-state index in [-0.39, 0.29) is 6.10 Å². The summed E-state index contributed by atoms with van der Waals surface area (Å²) < 4.78 is 14.2. The Labute approximate surface area is 96.7 Å². The molecule has 1 saturated heterocycles. The summed E-state index contributed by atoms with van der Waals surface area (Å²) >= 11 is 2.24. The van der Waals surface area contributed by atoms with Gasteiger partial charge in [0.2, 0.25) is 0 Å². The molecule has 0 saturated carbocycles. The summed E-state index contributed by atoms with van der Waals surface area (Å²) in [7, 11) is 0. The molecule has 1 aliphatic rings. The van der Waals surface area contributed by atoms with Crippen molar-refractivity contribution >= 4 is 22.6 Å². The molecule has 0 aromatic carbocycles. The third-order valence-corrected chi connectivity index (χ3v) is 2.62. The van der Waals surface area contributed by atoms with Crippen molar-refractivity contribution < 1.29 is 9.47 Å². The molecule has 0 spiro atoms. The maximum absolute atomic E-state index is 5.68. The summed E-state index contributed by atoms with van der Waals surface area (Å²) in [6, 6.07) is 0. The predicted molar refractivity (Wildman–Crippen MR) is 59.8 cm³/mol. The highest BCUT2D eigenvalue weighted by Crippen LogP contribution is 2.23. The Hall–Kier alpha value is -0.140. The van der Waals surface area contributed by atoms with Gasteiger partial charge in [-0.15, -0.1) is 0 Å². The maximum atomic E-state index is 5.68. The highest BCUT2D eigenvalue weighted by Gasteiger charge is 2.32. The molecule has 2 rings (SSSR count). The summed E-state index contributed by atoms with van der Waals surface area (Å²) in [5.74, 6) is -0.440. The SMILES string of the molecule is CC1(C)OC[C@H](Cn2cc(I)cn2)O1. The molecular weight excluding hydrogens is 295 g/mol. The molecule has 78 valence electrons. The molecule has 0 amide bonds. The number of hydrogen-bond donors (Lipinski definition) is 0. The molecule has 0 radical (unpaired) electrons. The van der Waals surface area contributed by atoms with E-state index in [0.717, 1.165) is 10.1 Å². The number of halogens is 1. The van der Waals surface area contributed by atoms with Crippen LogP contribution in [0, 0.1) is 3.57 Å². The van der Waals surface area contributed by atoms with Gasteiger partial charge in [-0.2, -0.15) is 5.10 Å². The first-order chi connectivity index (χ1) is 6.55. The molecule has 0 aliphatic carbocycles. The van der Waals surface area contributed by atoms with Crippen LogP contribution in [0.15, 0.2) is 12.4 Å². The zero-order valence-electron chi connectivity index (χ0n) is 8.24. The van der Waals surface area contributed by atoms with Gasteiger partial charge in [0, 0.05) is 6.20 Å². The third kappa shape index (κ3) is 2.46. The summed E-state index contributed by atoms with van der Waals surface area (Å²) in [5, 5.41) is 4.20. The van der Waals surface area contributed by atoms with Crippen LogP contribution in [0.2, 0.25) is 0 Å². The van der Waals surface area contributed by atoms with Gasteiger partial charge in [-0.25, -0.2) is 0 Å². The Morgan fingerprint density at radius 2 is 2.50 bits per heavy atom. The normalized spacial score (nSPS) is 25.5. The fraction of sp³-hybridized carbons (Fsp3) is 0.667. The maximum Gasteiger partial charge on any atom is 0.163 e. The monoisotopic (exact) mass is 308 g/mol. The molecule has 0 N–H and O–H groups in total. The van der Waals surface area contributed by atoms with Gasteiger partial charge >= 0.3 is 0 Å². The van der Waals surface area contributed by atoms with E-state index in [1.807, 2.05) is 30.9 Å². The molecule has 0 unspecified atom stereocenters. The number of nitrogens with zero attached hydrogens (tertiary/aromatic N) is 2. The van der Waals surface area contributed by atoms with Gasteiger partial charge in [-0.3, -0.25) is 4.68 Å². The summed E-state index contributed by atoms with van der Waals surface area (Å²) in [5.41, 5.74) is 0. The summed E-state index contributed by atoms with van der Waals surface area (Å²) in [6.07, 6.45) is 3.94. The predicted octanol–water partition coefficient (Wildman–Crippen LogP) is 1.64. The lowest BCUT2D eigenvalue weighted by Crippen LogP contribution is -2.24. The lowest BCUT2D eigenvalue weighted by Gasteiger charge is -2.16. The van der Waals surface area contributed by atoms with Crippen molar-refractivity contribution in [3.63, 3.8) is 0 Å². The first-order valence-electron chi connectivity index (χ1n) is 4.55. The minimum atomic E-state index is -0.440. The van der Waals surface area contributed by atoms with Crippen molar-refractivity contribution in [3.05, 3.63) is 16.0 Å². The van der Waals surface area contributed by atoms with E-state index in [1.165, 1.54) is 0 Å². The Kier molecular flexibility index (Phi) is 2.81. The van der Waals surface area contributed by atoms with Gasteiger partial charge in [0.1, 0.15) is 6.10 Å². The molecule has 1 aliphatic heterocycles. The Balaban J connectivity index is 1.94. The van der Waals surface area contributed by atoms with Crippen LogP contribution in [0.1, 0.15) is 13.8 Å². The quantitative estimate of drug-likeness (QED) is 0.779. The van der Waals surface area contributed by atoms with E-state index in [4.69, 9.17) is 9.47 Å². The van der Waals surface area contributed by atoms with E-state index in [9.17, 15) is 0 Å². The van der Waals surface area contributed by atoms with Gasteiger partial charge in [-0.1, -0.05) is 0 Å². The lowest BCUT2D eigenvalue weighted by molar-refractivity contribution is -0.139. The van der Waals surface area contributed by atoms with E-state index in [1.54, 1.807) is 0 Å². The second kappa shape index (κ2) is 3.79. The minimum absolute atomic E-state index is 0.112.